The summed E-state index contributed by atoms with van der Waals surface area (Å²) in [5, 5.41) is 48.0. The van der Waals surface area contributed by atoms with Gasteiger partial charge in [0.25, 0.3) is 11.4 Å². The minimum Gasteiger partial charge on any atom is -0.375 e. The zero-order valence-corrected chi connectivity index (χ0v) is 86.2. The van der Waals surface area contributed by atoms with E-state index in [1.165, 1.54) is 24.3 Å². The Hall–Kier alpha value is -9.60. The van der Waals surface area contributed by atoms with Crippen molar-refractivity contribution in [3.8, 4) is 0 Å². The molecule has 0 aliphatic rings. The van der Waals surface area contributed by atoms with Gasteiger partial charge in [-0.1, -0.05) is 267 Å². The monoisotopic (exact) mass is 2430 g/mol. The fourth-order valence-corrected chi connectivity index (χ4v) is 15.8. The Balaban J connectivity index is 0.000000208. The second-order valence-corrected chi connectivity index (χ2v) is 37.0. The Labute approximate surface area is 842 Å². The van der Waals surface area contributed by atoms with E-state index in [1.807, 2.05) is 232 Å². The van der Waals surface area contributed by atoms with Crippen molar-refractivity contribution in [3.05, 3.63) is 422 Å². The lowest BCUT2D eigenvalue weighted by Crippen LogP contribution is -2.26. The van der Waals surface area contributed by atoms with Gasteiger partial charge in [0.2, 0.25) is 0 Å². The Morgan fingerprint density at radius 3 is 0.730 bits per heavy atom. The van der Waals surface area contributed by atoms with Gasteiger partial charge in [-0.3, -0.25) is 52.8 Å². The van der Waals surface area contributed by atoms with Crippen LogP contribution in [0.5, 0.6) is 0 Å². The maximum absolute atomic E-state index is 10.9. The van der Waals surface area contributed by atoms with Crippen LogP contribution < -0.4 is 67.0 Å². The van der Waals surface area contributed by atoms with Gasteiger partial charge in [0, 0.05) is 136 Å². The Morgan fingerprint density at radius 1 is 0.246 bits per heavy atom. The lowest BCUT2D eigenvalue weighted by Gasteiger charge is -2.11. The number of rotatable bonds is 20. The molecule has 0 bridgehead atoms. The quantitative estimate of drug-likeness (QED) is 0.0146. The van der Waals surface area contributed by atoms with Gasteiger partial charge in [-0.15, -0.1) is 0 Å². The number of nitro groups is 2. The maximum Gasteiger partial charge on any atom is 0.270 e. The van der Waals surface area contributed by atoms with Crippen molar-refractivity contribution in [2.45, 2.75) is 13.8 Å². The lowest BCUT2D eigenvalue weighted by atomic mass is 10.0. The molecule has 0 fully saturated rings. The first kappa shape index (κ1) is 103. The number of hydrogen-bond donors (Lipinski definition) is 12. The van der Waals surface area contributed by atoms with E-state index in [-0.39, 0.29) is 42.0 Å². The van der Waals surface area contributed by atoms with Crippen molar-refractivity contribution in [1.29, 1.82) is 0 Å². The summed E-state index contributed by atoms with van der Waals surface area (Å²) in [7, 11) is 0. The van der Waals surface area contributed by atoms with Crippen LogP contribution in [0.2, 0.25) is 0 Å². The minimum atomic E-state index is -0.455. The fourth-order valence-electron chi connectivity index (χ4n) is 10.8. The van der Waals surface area contributed by atoms with Crippen LogP contribution in [0.4, 0.5) is 11.4 Å². The van der Waals surface area contributed by atoms with Crippen LogP contribution in [-0.4, -0.2) is 74.8 Å². The van der Waals surface area contributed by atoms with E-state index in [4.69, 9.17) is 108 Å². The molecule has 40 heteroatoms. The minimum absolute atomic E-state index is 0.00791. The summed E-state index contributed by atoms with van der Waals surface area (Å²) in [6.07, 6.45) is 0. The van der Waals surface area contributed by atoms with E-state index in [0.717, 1.165) is 134 Å². The summed E-state index contributed by atoms with van der Waals surface area (Å²) < 4.78 is 9.60. The van der Waals surface area contributed by atoms with Crippen molar-refractivity contribution in [2.24, 2.45) is 65.0 Å². The molecule has 644 valence electrons. The van der Waals surface area contributed by atoms with Gasteiger partial charge in [0.1, 0.15) is 0 Å². The molecule has 0 spiro atoms. The summed E-state index contributed by atoms with van der Waals surface area (Å²) in [5.41, 5.74) is 65.1. The summed E-state index contributed by atoms with van der Waals surface area (Å²) in [6, 6.07) is 86.6. The number of benzene rings is 12. The highest BCUT2D eigenvalue weighted by Crippen LogP contribution is 2.30. The fraction of sp³-hybridized carbons (Fsp3) is 0.0233. The van der Waals surface area contributed by atoms with Crippen molar-refractivity contribution >= 4 is 309 Å². The number of nitrogens with two attached hydrogens (primary N) is 6. The van der Waals surface area contributed by atoms with E-state index < -0.39 is 9.85 Å². The van der Waals surface area contributed by atoms with E-state index in [2.05, 4.69) is 235 Å². The molecule has 0 saturated heterocycles. The zero-order chi connectivity index (χ0) is 92.1. The highest BCUT2D eigenvalue weighted by atomic mass is 79.9. The summed E-state index contributed by atoms with van der Waals surface area (Å²) in [6.45, 7) is 4.06. The SMILES string of the molecule is Cc1cc(Br)cc(/C(=N\NC(N)=S)c2cc(Br)cc(Br)c2)c1.Cc1cc(Br)cc(/C(=N\NC(N)=S)c2ccc(Br)c(Br)c2)c1.NC(=S)N/N=C(\c1cccc(Br)c1)c1cccc([N+](=O)[O-])c1.NC(=S)N/N=C(\c1ccccc1)c1cccc(Br)c1.NC(=S)N/N=C(\c1ccccc1)c1cccc([N+](=O)[O-])c1.NC(=S)NN=C(c1cccc(Br)c1)c1cccc(Br)c1. The van der Waals surface area contributed by atoms with Crippen LogP contribution >= 0.6 is 233 Å². The zero-order valence-electron chi connectivity index (χ0n) is 65.5. The molecule has 12 rings (SSSR count). The highest BCUT2D eigenvalue weighted by Gasteiger charge is 2.18. The summed E-state index contributed by atoms with van der Waals surface area (Å²) >= 11 is 63.6. The molecule has 0 aliphatic heterocycles. The molecule has 0 saturated carbocycles. The predicted molar refractivity (Wildman–Crippen MR) is 570 cm³/mol. The lowest BCUT2D eigenvalue weighted by molar-refractivity contribution is -0.385. The van der Waals surface area contributed by atoms with Crippen LogP contribution in [0.25, 0.3) is 0 Å². The van der Waals surface area contributed by atoms with Gasteiger partial charge in [0.05, 0.1) is 44.1 Å². The Kier molecular flexibility index (Phi) is 43.7. The molecule has 12 aromatic rings. The number of nitrogens with one attached hydrogen (secondary N) is 6. The molecular weight excluding hydrogens is 2370 g/mol. The molecule has 0 atom stereocenters. The third-order valence-corrected chi connectivity index (χ3v) is 22.0. The number of hydrazone groups is 6. The summed E-state index contributed by atoms with van der Waals surface area (Å²) in [5.74, 6) is 0. The van der Waals surface area contributed by atoms with Crippen molar-refractivity contribution in [3.63, 3.8) is 0 Å². The third-order valence-electron chi connectivity index (χ3n) is 15.8. The van der Waals surface area contributed by atoms with E-state index in [1.54, 1.807) is 24.3 Å². The average molecular weight is 2440 g/mol. The van der Waals surface area contributed by atoms with Crippen LogP contribution in [0.1, 0.15) is 77.9 Å². The largest absolute Gasteiger partial charge is 0.375 e. The highest BCUT2D eigenvalue weighted by molar-refractivity contribution is 9.13. The van der Waals surface area contributed by atoms with Gasteiger partial charge in [-0.25, -0.2) is 0 Å². The molecule has 12 aromatic carbocycles. The van der Waals surface area contributed by atoms with Crippen LogP contribution in [0.3, 0.4) is 0 Å². The average Bonchev–Trinajstić information content (AvgIpc) is 0.836. The van der Waals surface area contributed by atoms with E-state index in [9.17, 15) is 20.2 Å². The van der Waals surface area contributed by atoms with E-state index in [0.29, 0.717) is 22.6 Å². The van der Waals surface area contributed by atoms with Gasteiger partial charge in [-0.05, 0) is 245 Å². The third kappa shape index (κ3) is 36.3. The van der Waals surface area contributed by atoms with Crippen molar-refractivity contribution in [2.75, 3.05) is 0 Å². The molecule has 126 heavy (non-hydrogen) atoms. The van der Waals surface area contributed by atoms with Crippen molar-refractivity contribution in [1.82, 2.24) is 32.6 Å². The topological polar surface area (TPSA) is 389 Å². The second kappa shape index (κ2) is 53.3. The molecule has 0 amide bonds. The number of hydrogen-bond acceptors (Lipinski definition) is 16. The molecule has 0 unspecified atom stereocenters. The maximum atomic E-state index is 10.9. The molecule has 24 nitrogen and oxygen atoms in total. The van der Waals surface area contributed by atoms with Crippen LogP contribution in [0, 0.1) is 34.1 Å². The van der Waals surface area contributed by atoms with E-state index >= 15 is 0 Å². The Morgan fingerprint density at radius 2 is 0.468 bits per heavy atom. The van der Waals surface area contributed by atoms with Gasteiger partial charge in [-0.2, -0.15) is 30.6 Å². The van der Waals surface area contributed by atoms with Crippen LogP contribution in [0.15, 0.2) is 354 Å². The summed E-state index contributed by atoms with van der Waals surface area (Å²) in [4.78, 5) is 20.9. The Bertz CT molecular complexity index is 6020. The molecule has 0 heterocycles. The molecule has 0 aliphatic carbocycles. The number of halogens is 10. The molecular formula is C86H70Br10N20O4S6. The molecule has 18 N–H and O–H groups in total. The number of nitrogens with zero attached hydrogens (tertiary/aromatic N) is 8. The normalized spacial score (nSPS) is 11.0. The first-order valence-corrected chi connectivity index (χ1v) is 46.3. The molecule has 0 aromatic heterocycles. The number of nitro benzene ring substituents is 2. The molecule has 0 radical (unpaired) electrons. The predicted octanol–water partition coefficient (Wildman–Crippen LogP) is 21.7. The van der Waals surface area contributed by atoms with Crippen molar-refractivity contribution < 1.29 is 9.85 Å². The standard InChI is InChI=1S/2C15H12Br3N3S.C14H11Br2N3S.C14H11BrN4O2S.C14H12BrN3S.C14H12N4O2S/c1-8-2-9(4-11(16)3-8)14(20-21-15(19)22)10-5-12(17)7-13(18)6-10;1-8-4-10(6-11(16)5-8)14(20-21-15(19)22)9-2-3-12(17)13(18)7-9;15-11-5-1-3-9(7-11)13(18-19-14(17)20)10-4-2-6-12(16)8-10;15-11-5-1-3-9(7-11)13(17-18-14(16)22)10-4-2-6-12(8-10)19(20)21;15-12-8-4-7-11(9-12)13(17-18-14(16)19)10-5-2-1-3-6-10;15-14(21)17-16-13(10-5-2-1-3-6-10)11-7-4-8-12(9-11)18(19)20/h2*2-7H,1H3,(H3,19,21,22);1-8H,(H3,17,19,20);1-8H,(H3,16,18,22);1-9H,(H3,16,18,19);1-9H,(H3,15,17,21)/b20-14+;20-14-;;2*17-13+;16-13+. The second-order valence-electron chi connectivity index (χ2n) is 25.3. The van der Waals surface area contributed by atoms with Crippen LogP contribution in [-0.2, 0) is 0 Å². The number of non-ortho nitro benzene ring substituents is 2. The van der Waals surface area contributed by atoms with Gasteiger partial charge < -0.3 is 34.4 Å². The smallest absolute Gasteiger partial charge is 0.270 e. The first-order chi connectivity index (χ1) is 60.0. The number of aryl methyl sites for hydroxylation is 2. The van der Waals surface area contributed by atoms with Gasteiger partial charge >= 0.3 is 0 Å². The first-order valence-electron chi connectivity index (χ1n) is 35.9. The number of thiocarbonyl (C=S) groups is 6. The van der Waals surface area contributed by atoms with Gasteiger partial charge in [0.15, 0.2) is 30.7 Å².